The molecule has 1 atom stereocenters. The van der Waals surface area contributed by atoms with Crippen LogP contribution in [-0.4, -0.2) is 58.1 Å². The van der Waals surface area contributed by atoms with Gasteiger partial charge in [-0.25, -0.2) is 0 Å². The van der Waals surface area contributed by atoms with Gasteiger partial charge in [-0.05, 0) is 62.0 Å². The minimum atomic E-state index is -0.456. The summed E-state index contributed by atoms with van der Waals surface area (Å²) in [7, 11) is 0. The maximum absolute atomic E-state index is 12.8. The van der Waals surface area contributed by atoms with Crippen LogP contribution >= 0.6 is 22.9 Å². The molecule has 27 heavy (non-hydrogen) atoms. The highest BCUT2D eigenvalue weighted by atomic mass is 35.5. The van der Waals surface area contributed by atoms with Crippen molar-refractivity contribution in [2.75, 3.05) is 26.2 Å². The fourth-order valence-electron chi connectivity index (χ4n) is 4.38. The second-order valence-electron chi connectivity index (χ2n) is 7.77. The maximum atomic E-state index is 12.8. The summed E-state index contributed by atoms with van der Waals surface area (Å²) >= 11 is 7.67. The molecule has 7 heteroatoms. The predicted molar refractivity (Wildman–Crippen MR) is 107 cm³/mol. The van der Waals surface area contributed by atoms with E-state index in [4.69, 9.17) is 11.6 Å². The Hall–Kier alpha value is -1.47. The van der Waals surface area contributed by atoms with Crippen LogP contribution in [0.2, 0.25) is 4.34 Å². The molecular formula is C20H24ClN3O2S. The third kappa shape index (κ3) is 4.35. The molecule has 2 aromatic heterocycles. The van der Waals surface area contributed by atoms with E-state index >= 15 is 0 Å². The van der Waals surface area contributed by atoms with Gasteiger partial charge in [0.1, 0.15) is 0 Å². The van der Waals surface area contributed by atoms with E-state index in [1.165, 1.54) is 4.88 Å². The maximum Gasteiger partial charge on any atom is 0.255 e. The van der Waals surface area contributed by atoms with Gasteiger partial charge in [0.2, 0.25) is 0 Å². The average molecular weight is 406 g/mol. The first-order valence-electron chi connectivity index (χ1n) is 9.37. The van der Waals surface area contributed by atoms with E-state index in [0.717, 1.165) is 49.8 Å². The first kappa shape index (κ1) is 18.9. The number of aromatic nitrogens is 1. The molecule has 2 fully saturated rings. The number of pyridine rings is 1. The Balaban J connectivity index is 1.40. The van der Waals surface area contributed by atoms with Crippen LogP contribution in [-0.2, 0) is 6.54 Å². The largest absolute Gasteiger partial charge is 0.391 e. The standard InChI is InChI=1S/C20H24ClN3O2S/c21-18-4-3-17(27-18)13-23-8-5-20(6-9-23)10-16(25)12-24(14-20)19(26)15-2-1-7-22-11-15/h1-4,7,11,16,25H,5-6,8-10,12-14H2. The number of likely N-dealkylation sites (tertiary alicyclic amines) is 2. The zero-order valence-corrected chi connectivity index (χ0v) is 16.8. The Bertz CT molecular complexity index is 790. The molecular weight excluding hydrogens is 382 g/mol. The smallest absolute Gasteiger partial charge is 0.255 e. The van der Waals surface area contributed by atoms with E-state index < -0.39 is 6.10 Å². The van der Waals surface area contributed by atoms with Gasteiger partial charge in [0.15, 0.2) is 0 Å². The van der Waals surface area contributed by atoms with Gasteiger partial charge in [-0.15, -0.1) is 11.3 Å². The molecule has 0 aliphatic carbocycles. The van der Waals surface area contributed by atoms with E-state index in [9.17, 15) is 9.90 Å². The van der Waals surface area contributed by atoms with E-state index in [1.807, 2.05) is 11.0 Å². The van der Waals surface area contributed by atoms with Crippen LogP contribution in [0.15, 0.2) is 36.7 Å². The average Bonchev–Trinajstić information content (AvgIpc) is 3.08. The van der Waals surface area contributed by atoms with Gasteiger partial charge in [-0.2, -0.15) is 0 Å². The number of hydrogen-bond acceptors (Lipinski definition) is 5. The van der Waals surface area contributed by atoms with Crippen LogP contribution in [0.5, 0.6) is 0 Å². The molecule has 2 aromatic rings. The van der Waals surface area contributed by atoms with Gasteiger partial charge >= 0.3 is 0 Å². The predicted octanol–water partition coefficient (Wildman–Crippen LogP) is 3.29. The fraction of sp³-hybridized carbons (Fsp3) is 0.500. The lowest BCUT2D eigenvalue weighted by Gasteiger charge is -2.49. The number of amides is 1. The number of β-amino-alcohol motifs (C(OH)–C–C–N with tert-alkyl or cyclic N) is 1. The minimum absolute atomic E-state index is 0.0130. The van der Waals surface area contributed by atoms with Crippen molar-refractivity contribution >= 4 is 28.8 Å². The van der Waals surface area contributed by atoms with Crippen LogP contribution in [0.1, 0.15) is 34.5 Å². The van der Waals surface area contributed by atoms with Crippen LogP contribution < -0.4 is 0 Å². The zero-order valence-electron chi connectivity index (χ0n) is 15.2. The number of piperidine rings is 2. The van der Waals surface area contributed by atoms with E-state index in [1.54, 1.807) is 35.9 Å². The minimum Gasteiger partial charge on any atom is -0.391 e. The summed E-state index contributed by atoms with van der Waals surface area (Å²) in [4.78, 5) is 22.4. The van der Waals surface area contributed by atoms with E-state index in [0.29, 0.717) is 12.1 Å². The summed E-state index contributed by atoms with van der Waals surface area (Å²) in [5.41, 5.74) is 0.604. The molecule has 1 spiro atoms. The highest BCUT2D eigenvalue weighted by molar-refractivity contribution is 7.16. The van der Waals surface area contributed by atoms with Crippen LogP contribution in [0, 0.1) is 5.41 Å². The number of aliphatic hydroxyl groups is 1. The number of aliphatic hydroxyl groups excluding tert-OH is 1. The van der Waals surface area contributed by atoms with Gasteiger partial charge < -0.3 is 10.0 Å². The lowest BCUT2D eigenvalue weighted by atomic mass is 9.71. The van der Waals surface area contributed by atoms with Crippen LogP contribution in [0.3, 0.4) is 0 Å². The number of thiophene rings is 1. The van der Waals surface area contributed by atoms with Crippen molar-refractivity contribution < 1.29 is 9.90 Å². The first-order chi connectivity index (χ1) is 13.0. The second kappa shape index (κ2) is 7.87. The molecule has 144 valence electrons. The second-order valence-corrected chi connectivity index (χ2v) is 9.57. The molecule has 1 amide bonds. The number of carbonyl (C=O) groups is 1. The SMILES string of the molecule is O=C(c1cccnc1)N1CC(O)CC2(CCN(Cc3ccc(Cl)s3)CC2)C1. The first-order valence-corrected chi connectivity index (χ1v) is 10.6. The molecule has 0 saturated carbocycles. The van der Waals surface area contributed by atoms with Gasteiger partial charge in [0.05, 0.1) is 16.0 Å². The molecule has 5 nitrogen and oxygen atoms in total. The monoisotopic (exact) mass is 405 g/mol. The molecule has 4 heterocycles. The van der Waals surface area contributed by atoms with Crippen molar-refractivity contribution in [2.24, 2.45) is 5.41 Å². The Kier molecular flexibility index (Phi) is 5.50. The van der Waals surface area contributed by atoms with Gasteiger partial charge in [-0.1, -0.05) is 11.6 Å². The van der Waals surface area contributed by atoms with E-state index in [2.05, 4.69) is 16.0 Å². The Morgan fingerprint density at radius 1 is 1.33 bits per heavy atom. The van der Waals surface area contributed by atoms with Gasteiger partial charge in [-0.3, -0.25) is 14.7 Å². The summed E-state index contributed by atoms with van der Waals surface area (Å²) in [6, 6.07) is 7.61. The number of rotatable bonds is 3. The number of halogens is 1. The number of nitrogens with zero attached hydrogens (tertiary/aromatic N) is 3. The van der Waals surface area contributed by atoms with Crippen molar-refractivity contribution in [3.63, 3.8) is 0 Å². The van der Waals surface area contributed by atoms with Crippen LogP contribution in [0.25, 0.3) is 0 Å². The quantitative estimate of drug-likeness (QED) is 0.851. The third-order valence-electron chi connectivity index (χ3n) is 5.75. The molecule has 4 rings (SSSR count). The number of hydrogen-bond donors (Lipinski definition) is 1. The highest BCUT2D eigenvalue weighted by Gasteiger charge is 2.43. The third-order valence-corrected chi connectivity index (χ3v) is 6.96. The Morgan fingerprint density at radius 3 is 2.81 bits per heavy atom. The summed E-state index contributed by atoms with van der Waals surface area (Å²) in [5.74, 6) is -0.0307. The molecule has 1 unspecified atom stereocenters. The molecule has 0 radical (unpaired) electrons. The molecule has 2 saturated heterocycles. The lowest BCUT2D eigenvalue weighted by molar-refractivity contribution is -0.0336. The molecule has 0 aromatic carbocycles. The van der Waals surface area contributed by atoms with E-state index in [-0.39, 0.29) is 11.3 Å². The normalized spacial score (nSPS) is 22.9. The van der Waals surface area contributed by atoms with Crippen LogP contribution in [0.4, 0.5) is 0 Å². The fourth-order valence-corrected chi connectivity index (χ4v) is 5.51. The lowest BCUT2D eigenvalue weighted by Crippen LogP contribution is -2.55. The summed E-state index contributed by atoms with van der Waals surface area (Å²) < 4.78 is 0.832. The zero-order chi connectivity index (χ0) is 18.9. The summed E-state index contributed by atoms with van der Waals surface area (Å²) in [5, 5.41) is 10.5. The Morgan fingerprint density at radius 2 is 2.15 bits per heavy atom. The van der Waals surface area contributed by atoms with Gasteiger partial charge in [0, 0.05) is 36.9 Å². The van der Waals surface area contributed by atoms with Gasteiger partial charge in [0.25, 0.3) is 5.91 Å². The molecule has 2 aliphatic heterocycles. The van der Waals surface area contributed by atoms with Crippen molar-refractivity contribution in [1.82, 2.24) is 14.8 Å². The topological polar surface area (TPSA) is 56.7 Å². The summed E-state index contributed by atoms with van der Waals surface area (Å²) in [6.07, 6.45) is 5.59. The van der Waals surface area contributed by atoms with Crippen molar-refractivity contribution in [3.8, 4) is 0 Å². The number of carbonyl (C=O) groups excluding carboxylic acids is 1. The molecule has 2 aliphatic rings. The molecule has 0 bridgehead atoms. The highest BCUT2D eigenvalue weighted by Crippen LogP contribution is 2.40. The van der Waals surface area contributed by atoms with Crippen molar-refractivity contribution in [1.29, 1.82) is 0 Å². The Labute approximate surface area is 168 Å². The van der Waals surface area contributed by atoms with Crippen molar-refractivity contribution in [3.05, 3.63) is 51.4 Å². The molecule has 1 N–H and O–H groups in total. The summed E-state index contributed by atoms with van der Waals surface area (Å²) in [6.45, 7) is 4.02. The van der Waals surface area contributed by atoms with Crippen molar-refractivity contribution in [2.45, 2.75) is 31.9 Å².